The zero-order valence-electron chi connectivity index (χ0n) is 36.3. The molecule has 0 aromatic rings. The molecule has 0 saturated carbocycles. The van der Waals surface area contributed by atoms with Gasteiger partial charge in [-0.3, -0.25) is 48.1 Å². The molecule has 0 spiro atoms. The van der Waals surface area contributed by atoms with Gasteiger partial charge in [0.25, 0.3) is 0 Å². The van der Waals surface area contributed by atoms with Crippen molar-refractivity contribution in [3.63, 3.8) is 0 Å². The average Bonchev–Trinajstić information content (AvgIpc) is 3.19. The van der Waals surface area contributed by atoms with Crippen LogP contribution in [0.4, 0.5) is 0 Å². The molecular formula is C37H67N11O13S. The predicted molar refractivity (Wildman–Crippen MR) is 228 cm³/mol. The third kappa shape index (κ3) is 21.5. The summed E-state index contributed by atoms with van der Waals surface area (Å²) >= 11 is 1.34. The number of guanidine groups is 1. The molecule has 0 radical (unpaired) electrons. The van der Waals surface area contributed by atoms with Gasteiger partial charge in [0.2, 0.25) is 41.4 Å². The van der Waals surface area contributed by atoms with E-state index in [0.29, 0.717) is 12.2 Å². The molecule has 0 unspecified atom stereocenters. The van der Waals surface area contributed by atoms with Gasteiger partial charge in [-0.15, -0.1) is 0 Å². The molecule has 0 saturated heterocycles. The monoisotopic (exact) mass is 905 g/mol. The van der Waals surface area contributed by atoms with Gasteiger partial charge in [-0.25, -0.2) is 0 Å². The van der Waals surface area contributed by atoms with Crippen LogP contribution in [0.2, 0.25) is 0 Å². The topological polar surface area (TPSA) is 409 Å². The summed E-state index contributed by atoms with van der Waals surface area (Å²) in [7, 11) is 0. The van der Waals surface area contributed by atoms with Crippen LogP contribution in [0.15, 0.2) is 4.99 Å². The number of nitrogens with two attached hydrogens (primary N) is 3. The van der Waals surface area contributed by atoms with E-state index in [0.717, 1.165) is 0 Å². The molecule has 0 bridgehead atoms. The molecule has 25 heteroatoms. The maximum Gasteiger partial charge on any atom is 0.325 e. The zero-order chi connectivity index (χ0) is 47.9. The van der Waals surface area contributed by atoms with E-state index in [4.69, 9.17) is 17.2 Å². The Kier molecular flexibility index (Phi) is 26.6. The first-order valence-corrected chi connectivity index (χ1v) is 21.5. The maximum atomic E-state index is 14.0. The third-order valence-corrected chi connectivity index (χ3v) is 9.94. The number of thioether (sulfide) groups is 1. The Morgan fingerprint density at radius 3 is 1.63 bits per heavy atom. The maximum absolute atomic E-state index is 14.0. The van der Waals surface area contributed by atoms with Crippen LogP contribution in [-0.4, -0.2) is 159 Å². The Balaban J connectivity index is 6.63. The molecule has 62 heavy (non-hydrogen) atoms. The number of aliphatic carboxylic acids is 2. The third-order valence-electron chi connectivity index (χ3n) is 9.29. The van der Waals surface area contributed by atoms with Crippen LogP contribution in [0.3, 0.4) is 0 Å². The average molecular weight is 906 g/mol. The quantitative estimate of drug-likeness (QED) is 0.0184. The zero-order valence-corrected chi connectivity index (χ0v) is 37.1. The van der Waals surface area contributed by atoms with Crippen molar-refractivity contribution in [2.45, 2.75) is 135 Å². The van der Waals surface area contributed by atoms with Crippen LogP contribution in [-0.2, 0) is 43.2 Å². The first-order chi connectivity index (χ1) is 28.9. The number of carboxylic acid groups (broad SMARTS) is 2. The fraction of sp³-hybridized carbons (Fsp3) is 0.730. The molecular weight excluding hydrogens is 839 g/mol. The summed E-state index contributed by atoms with van der Waals surface area (Å²) in [6.45, 7) is 8.45. The lowest BCUT2D eigenvalue weighted by molar-refractivity contribution is -0.142. The van der Waals surface area contributed by atoms with E-state index < -0.39 is 127 Å². The predicted octanol–water partition coefficient (Wildman–Crippen LogP) is -4.44. The summed E-state index contributed by atoms with van der Waals surface area (Å²) < 4.78 is 0. The smallest absolute Gasteiger partial charge is 0.325 e. The van der Waals surface area contributed by atoms with E-state index in [-0.39, 0.29) is 44.1 Å². The number of aliphatic hydroxyl groups excluding tert-OH is 2. The number of hydrogen-bond acceptors (Lipinski definition) is 14. The fourth-order valence-electron chi connectivity index (χ4n) is 5.51. The highest BCUT2D eigenvalue weighted by atomic mass is 32.2. The molecule has 354 valence electrons. The van der Waals surface area contributed by atoms with Crippen molar-refractivity contribution in [1.82, 2.24) is 37.2 Å². The molecule has 0 aromatic heterocycles. The van der Waals surface area contributed by atoms with Gasteiger partial charge in [0, 0.05) is 6.54 Å². The molecule has 0 aromatic carbocycles. The molecule has 0 fully saturated rings. The van der Waals surface area contributed by atoms with Gasteiger partial charge in [0.15, 0.2) is 5.96 Å². The number of nitrogens with one attached hydrogen (secondary N) is 7. The number of amides is 7. The van der Waals surface area contributed by atoms with E-state index >= 15 is 0 Å². The summed E-state index contributed by atoms with van der Waals surface area (Å²) in [5, 5.41) is 55.1. The number of carboxylic acids is 2. The van der Waals surface area contributed by atoms with Gasteiger partial charge in [-0.2, -0.15) is 11.8 Å². The highest BCUT2D eigenvalue weighted by molar-refractivity contribution is 7.98. The minimum Gasteiger partial charge on any atom is -0.481 e. The molecule has 0 aliphatic carbocycles. The second kappa shape index (κ2) is 29.1. The van der Waals surface area contributed by atoms with Gasteiger partial charge in [0.05, 0.1) is 19.1 Å². The summed E-state index contributed by atoms with van der Waals surface area (Å²) in [5.41, 5.74) is 16.4. The highest BCUT2D eigenvalue weighted by Gasteiger charge is 2.36. The number of carbonyl (C=O) groups is 9. The van der Waals surface area contributed by atoms with E-state index in [1.54, 1.807) is 34.0 Å². The largest absolute Gasteiger partial charge is 0.481 e. The number of rotatable bonds is 30. The Bertz CT molecular complexity index is 1570. The molecule has 0 heterocycles. The minimum atomic E-state index is -1.70. The molecule has 0 rings (SSSR count). The molecule has 0 aliphatic heterocycles. The van der Waals surface area contributed by atoms with Crippen LogP contribution in [0.25, 0.3) is 0 Å². The molecule has 24 nitrogen and oxygen atoms in total. The fourth-order valence-corrected chi connectivity index (χ4v) is 5.98. The van der Waals surface area contributed by atoms with E-state index in [2.05, 4.69) is 42.2 Å². The second-order valence-electron chi connectivity index (χ2n) is 15.2. The Labute approximate surface area is 364 Å². The van der Waals surface area contributed by atoms with Gasteiger partial charge in [0.1, 0.15) is 48.3 Å². The van der Waals surface area contributed by atoms with Crippen molar-refractivity contribution < 1.29 is 63.6 Å². The van der Waals surface area contributed by atoms with Crippen molar-refractivity contribution in [1.29, 1.82) is 0 Å². The standard InChI is InChI=1S/C37H67N11O13S/c1-8-18(4)27(47-33(57)25(15-26(51)52)45-29(53)21(38)16-49)34(58)44-22(10-9-12-41-37(39)40)30(54)43-23(11-13-62-7)31(55)46-24(14-17(2)3)32(56)48-28(20(6)50)35(59)42-19(5)36(60)61/h17-25,27-28,49-50H,8-16,38H2,1-7H3,(H,42,59)(H,43,54)(H,44,58)(H,45,53)(H,46,55)(H,47,57)(H,48,56)(H,51,52)(H,60,61)(H4,39,40,41)/t18-,19-,20+,21-,22-,23-,24-,25-,27-,28-/m0/s1. The van der Waals surface area contributed by atoms with Gasteiger partial charge >= 0.3 is 11.9 Å². The van der Waals surface area contributed by atoms with Crippen LogP contribution >= 0.6 is 11.8 Å². The number of aliphatic hydroxyl groups is 2. The minimum absolute atomic E-state index is 0.0309. The summed E-state index contributed by atoms with van der Waals surface area (Å²) in [6, 6.07) is -11.5. The lowest BCUT2D eigenvalue weighted by Crippen LogP contribution is -2.61. The summed E-state index contributed by atoms with van der Waals surface area (Å²) in [6.07, 6.45) is -0.198. The Morgan fingerprint density at radius 1 is 0.661 bits per heavy atom. The van der Waals surface area contributed by atoms with Crippen LogP contribution < -0.4 is 54.4 Å². The Hall–Kier alpha value is -5.27. The van der Waals surface area contributed by atoms with Crippen molar-refractivity contribution >= 4 is 71.0 Å². The van der Waals surface area contributed by atoms with E-state index in [1.807, 2.05) is 0 Å². The highest BCUT2D eigenvalue weighted by Crippen LogP contribution is 2.13. The molecule has 0 aliphatic rings. The first kappa shape index (κ1) is 56.7. The first-order valence-electron chi connectivity index (χ1n) is 20.1. The van der Waals surface area contributed by atoms with Crippen LogP contribution in [0.5, 0.6) is 0 Å². The molecule has 7 amide bonds. The van der Waals surface area contributed by atoms with Crippen molar-refractivity contribution in [2.75, 3.05) is 25.2 Å². The van der Waals surface area contributed by atoms with Gasteiger partial charge in [-0.05, 0) is 63.4 Å². The van der Waals surface area contributed by atoms with E-state index in [1.165, 1.54) is 25.6 Å². The normalized spacial score (nSPS) is 15.9. The lowest BCUT2D eigenvalue weighted by Gasteiger charge is -2.29. The lowest BCUT2D eigenvalue weighted by atomic mass is 9.96. The van der Waals surface area contributed by atoms with Crippen LogP contribution in [0.1, 0.15) is 80.1 Å². The number of carbonyl (C=O) groups excluding carboxylic acids is 7. The van der Waals surface area contributed by atoms with Crippen molar-refractivity contribution in [2.24, 2.45) is 34.0 Å². The molecule has 17 N–H and O–H groups in total. The summed E-state index contributed by atoms with van der Waals surface area (Å²) in [5.74, 6) is -10.0. The van der Waals surface area contributed by atoms with E-state index in [9.17, 15) is 63.6 Å². The summed E-state index contributed by atoms with van der Waals surface area (Å²) in [4.78, 5) is 121. The van der Waals surface area contributed by atoms with Crippen LogP contribution in [0, 0.1) is 11.8 Å². The molecule has 10 atom stereocenters. The Morgan fingerprint density at radius 2 is 1.15 bits per heavy atom. The SMILES string of the molecule is CC[C@H](C)[C@H](NC(=O)[C@H](CC(=O)O)NC(=O)[C@@H](N)CO)C(=O)N[C@@H](CCCN=C(N)N)C(=O)N[C@@H](CCSC)C(=O)N[C@@H](CC(C)C)C(=O)N[C@H](C(=O)N[C@@H](C)C(=O)O)[C@@H](C)O. The second-order valence-corrected chi connectivity index (χ2v) is 16.1. The van der Waals surface area contributed by atoms with Crippen molar-refractivity contribution in [3.05, 3.63) is 0 Å². The number of nitrogens with zero attached hydrogens (tertiary/aromatic N) is 1. The van der Waals surface area contributed by atoms with Crippen molar-refractivity contribution in [3.8, 4) is 0 Å². The number of hydrogen-bond donors (Lipinski definition) is 14. The van der Waals surface area contributed by atoms with Gasteiger partial charge in [-0.1, -0.05) is 34.1 Å². The number of aliphatic imine (C=N–C) groups is 1. The van der Waals surface area contributed by atoms with Gasteiger partial charge < -0.3 is 74.8 Å².